The van der Waals surface area contributed by atoms with Crippen LogP contribution in [0.2, 0.25) is 0 Å². The van der Waals surface area contributed by atoms with E-state index in [4.69, 9.17) is 9.47 Å². The predicted octanol–water partition coefficient (Wildman–Crippen LogP) is 5.77. The van der Waals surface area contributed by atoms with Gasteiger partial charge >= 0.3 is 5.97 Å². The van der Waals surface area contributed by atoms with E-state index < -0.39 is 5.97 Å². The quantitative estimate of drug-likeness (QED) is 0.182. The number of hydrogen-bond donors (Lipinski definition) is 0. The number of aryl methyl sites for hydroxylation is 2. The molecule has 0 fully saturated rings. The molecule has 0 N–H and O–H groups in total. The summed E-state index contributed by atoms with van der Waals surface area (Å²) < 4.78 is 10.7. The van der Waals surface area contributed by atoms with Gasteiger partial charge in [0.15, 0.2) is 5.78 Å². The standard InChI is InChI=1S/C24H26O4S/c1-15(2)27-24(26)18(5)28-23-16(3)13-19(14-17(23)4)7-12-22(25)20-8-10-21(29-6)11-9-20/h7-15H,5H2,1-4,6H3/b12-7+. The molecule has 0 aliphatic rings. The van der Waals surface area contributed by atoms with Crippen LogP contribution in [0.3, 0.4) is 0 Å². The summed E-state index contributed by atoms with van der Waals surface area (Å²) in [7, 11) is 0. The van der Waals surface area contributed by atoms with Crippen molar-refractivity contribution in [1.29, 1.82) is 0 Å². The van der Waals surface area contributed by atoms with E-state index in [9.17, 15) is 9.59 Å². The van der Waals surface area contributed by atoms with Crippen molar-refractivity contribution in [1.82, 2.24) is 0 Å². The van der Waals surface area contributed by atoms with Crippen LogP contribution >= 0.6 is 11.8 Å². The van der Waals surface area contributed by atoms with Crippen molar-refractivity contribution in [3.05, 3.63) is 77.1 Å². The summed E-state index contributed by atoms with van der Waals surface area (Å²) in [5.74, 6) is -0.136. The topological polar surface area (TPSA) is 52.6 Å². The first kappa shape index (κ1) is 22.5. The van der Waals surface area contributed by atoms with Gasteiger partial charge in [0.1, 0.15) is 5.75 Å². The number of carbonyl (C=O) groups is 2. The van der Waals surface area contributed by atoms with Crippen LogP contribution in [0.1, 0.15) is 40.9 Å². The van der Waals surface area contributed by atoms with Gasteiger partial charge in [0.25, 0.3) is 0 Å². The van der Waals surface area contributed by atoms with Gasteiger partial charge in [0.2, 0.25) is 5.76 Å². The van der Waals surface area contributed by atoms with E-state index in [0.717, 1.165) is 21.6 Å². The number of carbonyl (C=O) groups excluding carboxylic acids is 2. The maximum Gasteiger partial charge on any atom is 0.373 e. The van der Waals surface area contributed by atoms with E-state index in [1.807, 2.05) is 56.5 Å². The lowest BCUT2D eigenvalue weighted by molar-refractivity contribution is -0.145. The zero-order valence-electron chi connectivity index (χ0n) is 17.4. The molecule has 0 bridgehead atoms. The minimum atomic E-state index is -0.583. The fraction of sp³-hybridized carbons (Fsp3) is 0.250. The van der Waals surface area contributed by atoms with Gasteiger partial charge in [0.05, 0.1) is 6.10 Å². The Morgan fingerprint density at radius 3 is 2.17 bits per heavy atom. The first-order valence-corrected chi connectivity index (χ1v) is 10.5. The highest BCUT2D eigenvalue weighted by Gasteiger charge is 2.15. The lowest BCUT2D eigenvalue weighted by Crippen LogP contribution is -2.16. The summed E-state index contributed by atoms with van der Waals surface area (Å²) in [6, 6.07) is 11.3. The van der Waals surface area contributed by atoms with Crippen molar-refractivity contribution >= 4 is 29.6 Å². The lowest BCUT2D eigenvalue weighted by Gasteiger charge is -2.15. The first-order chi connectivity index (χ1) is 13.7. The summed E-state index contributed by atoms with van der Waals surface area (Å²) in [4.78, 5) is 25.4. The second-order valence-corrected chi connectivity index (χ2v) is 7.77. The second-order valence-electron chi connectivity index (χ2n) is 6.89. The molecule has 0 spiro atoms. The summed E-state index contributed by atoms with van der Waals surface area (Å²) in [5.41, 5.74) is 3.18. The molecular weight excluding hydrogens is 384 g/mol. The van der Waals surface area contributed by atoms with Crippen LogP contribution < -0.4 is 4.74 Å². The van der Waals surface area contributed by atoms with E-state index in [2.05, 4.69) is 6.58 Å². The van der Waals surface area contributed by atoms with Gasteiger partial charge < -0.3 is 9.47 Å². The molecule has 2 aromatic carbocycles. The molecule has 2 aromatic rings. The molecule has 0 amide bonds. The molecule has 2 rings (SSSR count). The molecule has 0 saturated carbocycles. The molecule has 0 unspecified atom stereocenters. The molecule has 0 aliphatic carbocycles. The van der Waals surface area contributed by atoms with Gasteiger partial charge in [-0.1, -0.05) is 6.08 Å². The third-order valence-corrected chi connectivity index (χ3v) is 4.82. The Morgan fingerprint density at radius 1 is 1.07 bits per heavy atom. The molecule has 0 heterocycles. The van der Waals surface area contributed by atoms with Gasteiger partial charge in [-0.05, 0) is 99.7 Å². The number of hydrogen-bond acceptors (Lipinski definition) is 5. The molecule has 29 heavy (non-hydrogen) atoms. The summed E-state index contributed by atoms with van der Waals surface area (Å²) in [6.45, 7) is 10.9. The summed E-state index contributed by atoms with van der Waals surface area (Å²) >= 11 is 1.64. The highest BCUT2D eigenvalue weighted by molar-refractivity contribution is 7.98. The Bertz CT molecular complexity index is 917. The first-order valence-electron chi connectivity index (χ1n) is 9.26. The van der Waals surface area contributed by atoms with E-state index in [-0.39, 0.29) is 17.6 Å². The van der Waals surface area contributed by atoms with E-state index in [1.165, 1.54) is 0 Å². The van der Waals surface area contributed by atoms with Crippen LogP contribution in [0.4, 0.5) is 0 Å². The van der Waals surface area contributed by atoms with Crippen molar-refractivity contribution in [2.24, 2.45) is 0 Å². The number of ether oxygens (including phenoxy) is 2. The lowest BCUT2D eigenvalue weighted by atomic mass is 10.0. The predicted molar refractivity (Wildman–Crippen MR) is 118 cm³/mol. The van der Waals surface area contributed by atoms with Gasteiger partial charge in [-0.15, -0.1) is 11.8 Å². The smallest absolute Gasteiger partial charge is 0.373 e. The van der Waals surface area contributed by atoms with Gasteiger partial charge in [-0.3, -0.25) is 4.79 Å². The Hall–Kier alpha value is -2.79. The molecule has 0 aromatic heterocycles. The maximum atomic E-state index is 12.4. The molecule has 0 saturated heterocycles. The zero-order valence-corrected chi connectivity index (χ0v) is 18.3. The third kappa shape index (κ3) is 6.36. The van der Waals surface area contributed by atoms with Crippen molar-refractivity contribution in [2.75, 3.05) is 6.26 Å². The van der Waals surface area contributed by atoms with Crippen LogP contribution in [-0.4, -0.2) is 24.1 Å². The number of allylic oxidation sites excluding steroid dienone is 1. The highest BCUT2D eigenvalue weighted by atomic mass is 32.2. The molecule has 4 nitrogen and oxygen atoms in total. The molecule has 152 valence electrons. The highest BCUT2D eigenvalue weighted by Crippen LogP contribution is 2.27. The number of benzene rings is 2. The van der Waals surface area contributed by atoms with Crippen molar-refractivity contribution in [3.8, 4) is 5.75 Å². The van der Waals surface area contributed by atoms with Crippen LogP contribution in [0.5, 0.6) is 5.75 Å². The average molecular weight is 411 g/mol. The van der Waals surface area contributed by atoms with Crippen LogP contribution in [0.15, 0.2) is 59.7 Å². The summed E-state index contributed by atoms with van der Waals surface area (Å²) in [6.07, 6.45) is 5.09. The molecule has 0 aliphatic heterocycles. The van der Waals surface area contributed by atoms with Crippen molar-refractivity contribution < 1.29 is 19.1 Å². The number of ketones is 1. The third-order valence-electron chi connectivity index (χ3n) is 4.08. The van der Waals surface area contributed by atoms with E-state index in [1.54, 1.807) is 37.8 Å². The normalized spacial score (nSPS) is 11.0. The Balaban J connectivity index is 2.13. The molecular formula is C24H26O4S. The summed E-state index contributed by atoms with van der Waals surface area (Å²) in [5, 5.41) is 0. The Morgan fingerprint density at radius 2 is 1.66 bits per heavy atom. The minimum absolute atomic E-state index is 0.0573. The van der Waals surface area contributed by atoms with E-state index >= 15 is 0 Å². The second kappa shape index (κ2) is 10.1. The fourth-order valence-corrected chi connectivity index (χ4v) is 3.12. The van der Waals surface area contributed by atoms with Gasteiger partial charge in [-0.2, -0.15) is 0 Å². The Labute approximate surface area is 176 Å². The SMILES string of the molecule is C=C(Oc1c(C)cc(/C=C/C(=O)c2ccc(SC)cc2)cc1C)C(=O)OC(C)C. The average Bonchev–Trinajstić information content (AvgIpc) is 2.68. The number of esters is 1. The van der Waals surface area contributed by atoms with Crippen molar-refractivity contribution in [3.63, 3.8) is 0 Å². The van der Waals surface area contributed by atoms with Gasteiger partial charge in [0, 0.05) is 10.5 Å². The zero-order chi connectivity index (χ0) is 21.6. The van der Waals surface area contributed by atoms with Crippen LogP contribution in [0, 0.1) is 13.8 Å². The largest absolute Gasteiger partial charge is 0.457 e. The van der Waals surface area contributed by atoms with Crippen LogP contribution in [0.25, 0.3) is 6.08 Å². The Kier molecular flexibility index (Phi) is 7.85. The maximum absolute atomic E-state index is 12.4. The monoisotopic (exact) mass is 410 g/mol. The minimum Gasteiger partial charge on any atom is -0.457 e. The molecule has 0 radical (unpaired) electrons. The molecule has 0 atom stereocenters. The fourth-order valence-electron chi connectivity index (χ4n) is 2.71. The van der Waals surface area contributed by atoms with Gasteiger partial charge in [-0.25, -0.2) is 4.79 Å². The van der Waals surface area contributed by atoms with E-state index in [0.29, 0.717) is 11.3 Å². The molecule has 5 heteroatoms. The van der Waals surface area contributed by atoms with Crippen molar-refractivity contribution in [2.45, 2.75) is 38.7 Å². The number of rotatable bonds is 8. The number of thioether (sulfide) groups is 1. The van der Waals surface area contributed by atoms with Crippen LogP contribution in [-0.2, 0) is 9.53 Å².